The van der Waals surface area contributed by atoms with E-state index in [2.05, 4.69) is 0 Å². The molecule has 3 aliphatic rings. The Morgan fingerprint density at radius 2 is 1.49 bits per heavy atom. The summed E-state index contributed by atoms with van der Waals surface area (Å²) in [6, 6.07) is 21.5. The molecular weight excluding hydrogens is 598 g/mol. The number of nitrogens with zero attached hydrogens (tertiary/aromatic N) is 2. The van der Waals surface area contributed by atoms with Crippen LogP contribution < -0.4 is 15.4 Å². The topological polar surface area (TPSA) is 139 Å². The molecule has 10 nitrogen and oxygen atoms in total. The molecule has 244 valence electrons. The second kappa shape index (κ2) is 12.4. The first-order valence-corrected chi connectivity index (χ1v) is 15.7. The summed E-state index contributed by atoms with van der Waals surface area (Å²) in [5.74, 6) is -6.14. The van der Waals surface area contributed by atoms with Crippen LogP contribution in [0, 0.1) is 17.8 Å². The van der Waals surface area contributed by atoms with Crippen LogP contribution in [0.5, 0.6) is 5.75 Å². The van der Waals surface area contributed by atoms with Gasteiger partial charge in [0.1, 0.15) is 30.3 Å². The van der Waals surface area contributed by atoms with Crippen molar-refractivity contribution in [1.82, 2.24) is 4.90 Å². The molecular formula is C37H39N3O7. The first-order chi connectivity index (χ1) is 22.4. The number of nitrogens with two attached hydrogens (primary N) is 1. The number of aliphatic hydroxyl groups is 1. The predicted octanol–water partition coefficient (Wildman–Crippen LogP) is 3.09. The fourth-order valence-corrected chi connectivity index (χ4v) is 7.58. The van der Waals surface area contributed by atoms with E-state index in [4.69, 9.17) is 15.2 Å². The van der Waals surface area contributed by atoms with Crippen molar-refractivity contribution in [3.63, 3.8) is 0 Å². The average Bonchev–Trinajstić information content (AvgIpc) is 3.04. The second-order valence-corrected chi connectivity index (χ2v) is 13.0. The quantitative estimate of drug-likeness (QED) is 0.268. The minimum atomic E-state index is -2.66. The highest BCUT2D eigenvalue weighted by Crippen LogP contribution is 2.52. The predicted molar refractivity (Wildman–Crippen MR) is 175 cm³/mol. The number of anilines is 1. The van der Waals surface area contributed by atoms with E-state index in [-0.39, 0.29) is 31.0 Å². The van der Waals surface area contributed by atoms with Crippen LogP contribution in [0.2, 0.25) is 0 Å². The molecule has 0 radical (unpaired) electrons. The van der Waals surface area contributed by atoms with Crippen molar-refractivity contribution in [3.8, 4) is 5.75 Å². The Hall–Kier alpha value is -4.80. The molecule has 3 aromatic rings. The van der Waals surface area contributed by atoms with Gasteiger partial charge in [-0.25, -0.2) is 0 Å². The molecule has 3 aromatic carbocycles. The minimum Gasteiger partial charge on any atom is -0.491 e. The second-order valence-electron chi connectivity index (χ2n) is 13.0. The van der Waals surface area contributed by atoms with E-state index in [0.717, 1.165) is 22.4 Å². The van der Waals surface area contributed by atoms with Gasteiger partial charge in [-0.05, 0) is 61.7 Å². The maximum Gasteiger partial charge on any atom is 0.255 e. The van der Waals surface area contributed by atoms with Crippen LogP contribution in [0.1, 0.15) is 33.5 Å². The Bertz CT molecular complexity index is 1770. The highest BCUT2D eigenvalue weighted by molar-refractivity contribution is 6.32. The standard InChI is InChI=1S/C37H39N3O7/c1-39(2)26-15-16-27(46-19-21-11-7-5-8-12-21)29-24(26)17-23-18-25-31(40(3)4)33(47-20-22-13-9-6-10-14-22)30(36(38)44)35(43)37(25,45)34(42)28(23)32(29)41/h5-16,23,25,28,31,45H,17-20H2,1-4H3,(H2,38,44)/t23-,25-,28?,31-,37-/m1/s1. The number of fused-ring (bicyclic) bond motifs is 3. The fourth-order valence-electron chi connectivity index (χ4n) is 7.58. The van der Waals surface area contributed by atoms with E-state index in [0.29, 0.717) is 12.2 Å². The van der Waals surface area contributed by atoms with E-state index < -0.39 is 58.2 Å². The van der Waals surface area contributed by atoms with Gasteiger partial charge in [-0.2, -0.15) is 0 Å². The van der Waals surface area contributed by atoms with Gasteiger partial charge in [0.15, 0.2) is 17.2 Å². The third kappa shape index (κ3) is 5.41. The number of carbonyl (C=O) groups excluding carboxylic acids is 4. The van der Waals surface area contributed by atoms with E-state index in [1.165, 1.54) is 0 Å². The van der Waals surface area contributed by atoms with Crippen LogP contribution in [-0.4, -0.2) is 73.1 Å². The first kappa shape index (κ1) is 32.2. The van der Waals surface area contributed by atoms with Gasteiger partial charge >= 0.3 is 0 Å². The molecule has 5 atom stereocenters. The van der Waals surface area contributed by atoms with E-state index in [9.17, 15) is 24.3 Å². The highest BCUT2D eigenvalue weighted by Gasteiger charge is 2.67. The molecule has 0 saturated heterocycles. The van der Waals surface area contributed by atoms with Gasteiger partial charge in [-0.15, -0.1) is 0 Å². The molecule has 0 heterocycles. The lowest BCUT2D eigenvalue weighted by atomic mass is 9.54. The summed E-state index contributed by atoms with van der Waals surface area (Å²) in [5, 5.41) is 12.2. The number of likely N-dealkylation sites (N-methyl/N-ethyl adjacent to an activating group) is 1. The van der Waals surface area contributed by atoms with Crippen LogP contribution in [0.15, 0.2) is 84.1 Å². The maximum atomic E-state index is 14.5. The third-order valence-corrected chi connectivity index (χ3v) is 9.70. The van der Waals surface area contributed by atoms with Crippen molar-refractivity contribution >= 4 is 28.9 Å². The molecule has 47 heavy (non-hydrogen) atoms. The third-order valence-electron chi connectivity index (χ3n) is 9.70. The maximum absolute atomic E-state index is 14.5. The largest absolute Gasteiger partial charge is 0.491 e. The minimum absolute atomic E-state index is 0.0189. The molecule has 1 amide bonds. The molecule has 3 aliphatic carbocycles. The number of hydrogen-bond donors (Lipinski definition) is 2. The summed E-state index contributed by atoms with van der Waals surface area (Å²) in [5.41, 5.74) is 6.08. The van der Waals surface area contributed by atoms with Gasteiger partial charge in [0.2, 0.25) is 5.78 Å². The number of hydrogen-bond acceptors (Lipinski definition) is 9. The lowest BCUT2D eigenvalue weighted by molar-refractivity contribution is -0.170. The molecule has 0 aliphatic heterocycles. The van der Waals surface area contributed by atoms with Gasteiger partial charge < -0.3 is 25.2 Å². The van der Waals surface area contributed by atoms with Crippen LogP contribution in [0.3, 0.4) is 0 Å². The SMILES string of the molecule is CN(C)c1ccc(OCc2ccccc2)c2c1C[C@@H]1C[C@@H]3[C@@H](N(C)C)C(OCc4ccccc4)=C(C(N)=O)C(=O)[C@]3(O)C(=O)C1C2=O. The van der Waals surface area contributed by atoms with Crippen LogP contribution >= 0.6 is 0 Å². The van der Waals surface area contributed by atoms with Crippen molar-refractivity contribution in [2.45, 2.75) is 37.7 Å². The molecule has 6 rings (SSSR count). The normalized spacial score (nSPS) is 25.2. The summed E-state index contributed by atoms with van der Waals surface area (Å²) in [6.07, 6.45) is 0.500. The molecule has 0 spiro atoms. The smallest absolute Gasteiger partial charge is 0.255 e. The van der Waals surface area contributed by atoms with Crippen LogP contribution in [0.4, 0.5) is 5.69 Å². The average molecular weight is 638 g/mol. The zero-order valence-electron chi connectivity index (χ0n) is 26.9. The lowest BCUT2D eigenvalue weighted by Gasteiger charge is -2.52. The lowest BCUT2D eigenvalue weighted by Crippen LogP contribution is -2.69. The van der Waals surface area contributed by atoms with Crippen LogP contribution in [-0.2, 0) is 38.8 Å². The molecule has 0 aromatic heterocycles. The van der Waals surface area contributed by atoms with Gasteiger partial charge in [-0.1, -0.05) is 60.7 Å². The summed E-state index contributed by atoms with van der Waals surface area (Å²) in [4.78, 5) is 59.6. The number of Topliss-reactive ketones (excluding diaryl/α,β-unsaturated/α-hetero) is 3. The number of amides is 1. The van der Waals surface area contributed by atoms with Crippen molar-refractivity contribution < 1.29 is 33.8 Å². The van der Waals surface area contributed by atoms with Crippen molar-refractivity contribution in [3.05, 3.63) is 106 Å². The Morgan fingerprint density at radius 1 is 0.894 bits per heavy atom. The molecule has 1 unspecified atom stereocenters. The highest BCUT2D eigenvalue weighted by atomic mass is 16.5. The zero-order valence-corrected chi connectivity index (χ0v) is 26.9. The summed E-state index contributed by atoms with van der Waals surface area (Å²) in [6.45, 7) is 0.247. The van der Waals surface area contributed by atoms with E-state index >= 15 is 0 Å². The number of primary amides is 1. The van der Waals surface area contributed by atoms with E-state index in [1.807, 2.05) is 85.7 Å². The first-order valence-electron chi connectivity index (χ1n) is 15.7. The van der Waals surface area contributed by atoms with Gasteiger partial charge in [-0.3, -0.25) is 24.1 Å². The zero-order chi connectivity index (χ0) is 33.6. The summed E-state index contributed by atoms with van der Waals surface area (Å²) in [7, 11) is 7.22. The van der Waals surface area contributed by atoms with E-state index in [1.54, 1.807) is 25.1 Å². The van der Waals surface area contributed by atoms with Gasteiger partial charge in [0.05, 0.1) is 17.5 Å². The number of ether oxygens (including phenoxy) is 2. The Labute approximate surface area is 273 Å². The van der Waals surface area contributed by atoms with Crippen LogP contribution in [0.25, 0.3) is 0 Å². The Balaban J connectivity index is 1.42. The van der Waals surface area contributed by atoms with Crippen molar-refractivity contribution in [1.29, 1.82) is 0 Å². The molecule has 1 saturated carbocycles. The van der Waals surface area contributed by atoms with Crippen molar-refractivity contribution in [2.24, 2.45) is 23.5 Å². The number of ketones is 3. The number of carbonyl (C=O) groups is 4. The molecule has 0 bridgehead atoms. The Kier molecular flexibility index (Phi) is 8.50. The van der Waals surface area contributed by atoms with Gasteiger partial charge in [0.25, 0.3) is 5.91 Å². The summed E-state index contributed by atoms with van der Waals surface area (Å²) < 4.78 is 12.3. The molecule has 10 heteroatoms. The number of rotatable bonds is 9. The van der Waals surface area contributed by atoms with Crippen molar-refractivity contribution in [2.75, 3.05) is 33.1 Å². The van der Waals surface area contributed by atoms with Gasteiger partial charge in [0, 0.05) is 25.7 Å². The fraction of sp³-hybridized carbons (Fsp3) is 0.351. The molecule has 3 N–H and O–H groups in total. The number of benzene rings is 3. The monoisotopic (exact) mass is 637 g/mol. The Morgan fingerprint density at radius 3 is 2.04 bits per heavy atom. The molecule has 1 fully saturated rings. The summed E-state index contributed by atoms with van der Waals surface area (Å²) >= 11 is 0.